The largest absolute Gasteiger partial charge is 0.473 e. The van der Waals surface area contributed by atoms with Crippen LogP contribution >= 0.6 is 11.6 Å². The number of nitrogens with zero attached hydrogens (tertiary/aromatic N) is 3. The Bertz CT molecular complexity index is 420. The lowest BCUT2D eigenvalue weighted by molar-refractivity contribution is -0.392. The Hall–Kier alpha value is -1.35. The number of halogens is 4. The van der Waals surface area contributed by atoms with Crippen molar-refractivity contribution in [2.75, 3.05) is 5.88 Å². The molecule has 0 aliphatic rings. The summed E-state index contributed by atoms with van der Waals surface area (Å²) in [4.78, 5) is 12.4. The van der Waals surface area contributed by atoms with Crippen LogP contribution in [-0.2, 0) is 12.7 Å². The average molecular weight is 274 g/mol. The highest BCUT2D eigenvalue weighted by Crippen LogP contribution is 2.31. The number of rotatable bonds is 4. The van der Waals surface area contributed by atoms with Crippen molar-refractivity contribution in [3.8, 4) is 0 Å². The van der Waals surface area contributed by atoms with Crippen LogP contribution in [0.1, 0.15) is 5.82 Å². The van der Waals surface area contributed by atoms with Crippen molar-refractivity contribution in [2.24, 2.45) is 0 Å². The quantitative estimate of drug-likeness (QED) is 0.511. The van der Waals surface area contributed by atoms with Crippen molar-refractivity contribution >= 4 is 17.4 Å². The van der Waals surface area contributed by atoms with Crippen LogP contribution in [0.2, 0.25) is 0 Å². The van der Waals surface area contributed by atoms with Crippen LogP contribution in [0.4, 0.5) is 19.0 Å². The molecule has 0 bridgehead atoms. The summed E-state index contributed by atoms with van der Waals surface area (Å²) in [5, 5.41) is 19.7. The fraction of sp³-hybridized carbons (Fsp3) is 0.571. The second-order valence-electron chi connectivity index (χ2n) is 3.11. The van der Waals surface area contributed by atoms with E-state index in [-0.39, 0.29) is 10.4 Å². The van der Waals surface area contributed by atoms with E-state index in [9.17, 15) is 23.3 Å². The van der Waals surface area contributed by atoms with Gasteiger partial charge in [-0.25, -0.2) is 4.98 Å². The van der Waals surface area contributed by atoms with Crippen LogP contribution in [0.15, 0.2) is 6.20 Å². The van der Waals surface area contributed by atoms with Gasteiger partial charge in [0.25, 0.3) is 0 Å². The summed E-state index contributed by atoms with van der Waals surface area (Å²) in [6.07, 6.45) is -5.67. The molecule has 0 spiro atoms. The van der Waals surface area contributed by atoms with Gasteiger partial charge < -0.3 is 15.2 Å². The third-order valence-corrected chi connectivity index (χ3v) is 2.20. The first kappa shape index (κ1) is 13.7. The van der Waals surface area contributed by atoms with E-state index in [1.54, 1.807) is 0 Å². The van der Waals surface area contributed by atoms with E-state index in [1.165, 1.54) is 0 Å². The lowest BCUT2D eigenvalue weighted by atomic mass is 10.4. The van der Waals surface area contributed by atoms with E-state index in [0.717, 1.165) is 0 Å². The highest BCUT2D eigenvalue weighted by molar-refractivity contribution is 6.18. The summed E-state index contributed by atoms with van der Waals surface area (Å²) >= 11 is 5.23. The zero-order valence-electron chi connectivity index (χ0n) is 8.19. The zero-order valence-corrected chi connectivity index (χ0v) is 8.94. The molecule has 1 unspecified atom stereocenters. The lowest BCUT2D eigenvalue weighted by Gasteiger charge is -2.09. The van der Waals surface area contributed by atoms with Gasteiger partial charge in [0.05, 0.1) is 5.88 Å². The minimum atomic E-state index is -4.83. The van der Waals surface area contributed by atoms with Gasteiger partial charge >= 0.3 is 17.8 Å². The molecule has 1 aromatic heterocycles. The smallest absolute Gasteiger partial charge is 0.388 e. The first-order chi connectivity index (χ1) is 7.77. The number of hydrogen-bond acceptors (Lipinski definition) is 4. The van der Waals surface area contributed by atoms with Gasteiger partial charge in [-0.1, -0.05) is 0 Å². The topological polar surface area (TPSA) is 81.2 Å². The van der Waals surface area contributed by atoms with Crippen molar-refractivity contribution in [3.63, 3.8) is 0 Å². The lowest BCUT2D eigenvalue weighted by Crippen LogP contribution is -2.23. The number of nitro groups is 1. The predicted molar refractivity (Wildman–Crippen MR) is 50.6 cm³/mol. The van der Waals surface area contributed by atoms with Crippen LogP contribution in [0.3, 0.4) is 0 Å². The number of aromatic nitrogens is 2. The molecule has 1 N–H and O–H groups in total. The molecule has 0 radical (unpaired) electrons. The van der Waals surface area contributed by atoms with Crippen molar-refractivity contribution < 1.29 is 23.2 Å². The van der Waals surface area contributed by atoms with Gasteiger partial charge in [-0.05, 0) is 4.92 Å². The van der Waals surface area contributed by atoms with Gasteiger partial charge in [0, 0.05) is 0 Å². The van der Waals surface area contributed by atoms with Crippen molar-refractivity contribution in [3.05, 3.63) is 22.1 Å². The Morgan fingerprint density at radius 2 is 2.24 bits per heavy atom. The Kier molecular flexibility index (Phi) is 3.94. The zero-order chi connectivity index (χ0) is 13.2. The summed E-state index contributed by atoms with van der Waals surface area (Å²) in [5.41, 5.74) is 0. The van der Waals surface area contributed by atoms with E-state index in [1.807, 2.05) is 0 Å². The van der Waals surface area contributed by atoms with E-state index >= 15 is 0 Å². The normalized spacial score (nSPS) is 13.7. The molecule has 0 fully saturated rings. The molecule has 0 aliphatic carbocycles. The number of aliphatic hydroxyl groups excluding tert-OH is 1. The molecular formula is C7H7ClF3N3O3. The number of alkyl halides is 4. The SMILES string of the molecule is O=[N+]([O-])c1cnc(C(F)(F)F)n1CC(O)CCl. The maximum absolute atomic E-state index is 12.5. The van der Waals surface area contributed by atoms with Gasteiger partial charge in [-0.2, -0.15) is 17.7 Å². The second-order valence-corrected chi connectivity index (χ2v) is 3.42. The maximum atomic E-state index is 12.5. The number of hydrogen-bond donors (Lipinski definition) is 1. The third kappa shape index (κ3) is 3.07. The molecule has 0 amide bonds. The molecule has 0 saturated heterocycles. The Labute approximate surface area is 97.8 Å². The molecule has 1 aromatic rings. The molecule has 0 aliphatic heterocycles. The molecule has 1 atom stereocenters. The van der Waals surface area contributed by atoms with Crippen molar-refractivity contribution in [1.29, 1.82) is 0 Å². The highest BCUT2D eigenvalue weighted by atomic mass is 35.5. The summed E-state index contributed by atoms with van der Waals surface area (Å²) < 4.78 is 37.7. The number of imidazole rings is 1. The molecule has 1 rings (SSSR count). The Balaban J connectivity index is 3.20. The molecule has 0 aromatic carbocycles. The number of aliphatic hydroxyl groups is 1. The van der Waals surface area contributed by atoms with Crippen LogP contribution in [-0.4, -0.2) is 31.6 Å². The van der Waals surface area contributed by atoms with Crippen molar-refractivity contribution in [2.45, 2.75) is 18.8 Å². The van der Waals surface area contributed by atoms with Gasteiger partial charge in [-0.15, -0.1) is 11.6 Å². The second kappa shape index (κ2) is 4.88. The molecule has 0 saturated carbocycles. The molecular weight excluding hydrogens is 267 g/mol. The Morgan fingerprint density at radius 3 is 2.65 bits per heavy atom. The van der Waals surface area contributed by atoms with Crippen molar-refractivity contribution in [1.82, 2.24) is 9.55 Å². The van der Waals surface area contributed by atoms with Gasteiger partial charge in [0.2, 0.25) is 0 Å². The minimum Gasteiger partial charge on any atom is -0.388 e. The first-order valence-electron chi connectivity index (χ1n) is 4.28. The highest BCUT2D eigenvalue weighted by Gasteiger charge is 2.42. The third-order valence-electron chi connectivity index (χ3n) is 1.85. The predicted octanol–water partition coefficient (Wildman–Crippen LogP) is 1.41. The fourth-order valence-electron chi connectivity index (χ4n) is 1.18. The van der Waals surface area contributed by atoms with E-state index in [4.69, 9.17) is 16.7 Å². The van der Waals surface area contributed by atoms with Gasteiger partial charge in [0.15, 0.2) is 0 Å². The molecule has 96 valence electrons. The minimum absolute atomic E-state index is 0.285. The molecule has 1 heterocycles. The Morgan fingerprint density at radius 1 is 1.65 bits per heavy atom. The molecule has 17 heavy (non-hydrogen) atoms. The fourth-order valence-corrected chi connectivity index (χ4v) is 1.28. The van der Waals surface area contributed by atoms with Crippen LogP contribution in [0.5, 0.6) is 0 Å². The monoisotopic (exact) mass is 273 g/mol. The maximum Gasteiger partial charge on any atom is 0.473 e. The molecule has 6 nitrogen and oxygen atoms in total. The summed E-state index contributed by atoms with van der Waals surface area (Å²) in [7, 11) is 0. The summed E-state index contributed by atoms with van der Waals surface area (Å²) in [6, 6.07) is 0. The van der Waals surface area contributed by atoms with E-state index in [0.29, 0.717) is 6.20 Å². The van der Waals surface area contributed by atoms with Crippen LogP contribution in [0.25, 0.3) is 0 Å². The van der Waals surface area contributed by atoms with Gasteiger partial charge in [0.1, 0.15) is 18.8 Å². The molecule has 10 heteroatoms. The van der Waals surface area contributed by atoms with E-state index < -0.39 is 35.4 Å². The summed E-state index contributed by atoms with van der Waals surface area (Å²) in [6.45, 7) is -0.644. The summed E-state index contributed by atoms with van der Waals surface area (Å²) in [5.74, 6) is -2.62. The average Bonchev–Trinajstić information content (AvgIpc) is 2.60. The standard InChI is InChI=1S/C7H7ClF3N3O3/c8-1-4(15)3-13-5(14(16)17)2-12-6(13)7(9,10)11/h2,4,15H,1,3H2. The van der Waals surface area contributed by atoms with Crippen LogP contribution in [0, 0.1) is 10.1 Å². The van der Waals surface area contributed by atoms with Gasteiger partial charge in [-0.3, -0.25) is 0 Å². The van der Waals surface area contributed by atoms with Crippen LogP contribution < -0.4 is 0 Å². The van der Waals surface area contributed by atoms with E-state index in [2.05, 4.69) is 4.98 Å². The first-order valence-corrected chi connectivity index (χ1v) is 4.82.